The summed E-state index contributed by atoms with van der Waals surface area (Å²) in [5.74, 6) is -0.133. The minimum absolute atomic E-state index is 0.0315. The molecular formula is C33H34N2O3. The Bertz CT molecular complexity index is 1440. The van der Waals surface area contributed by atoms with Gasteiger partial charge in [-0.3, -0.25) is 9.59 Å². The first-order valence-electron chi connectivity index (χ1n) is 13.1. The summed E-state index contributed by atoms with van der Waals surface area (Å²) in [6.45, 7) is 6.48. The van der Waals surface area contributed by atoms with Crippen LogP contribution in [0.5, 0.6) is 0 Å². The van der Waals surface area contributed by atoms with Crippen molar-refractivity contribution in [1.82, 2.24) is 10.2 Å². The van der Waals surface area contributed by atoms with E-state index in [9.17, 15) is 9.59 Å². The van der Waals surface area contributed by atoms with Gasteiger partial charge in [-0.1, -0.05) is 83.9 Å². The third kappa shape index (κ3) is 4.94. The van der Waals surface area contributed by atoms with E-state index in [1.165, 1.54) is 23.6 Å². The number of amides is 2. The van der Waals surface area contributed by atoms with Crippen molar-refractivity contribution in [3.05, 3.63) is 118 Å². The highest BCUT2D eigenvalue weighted by Gasteiger charge is 2.40. The fraction of sp³-hybridized carbons (Fsp3) is 0.273. The molecule has 5 nitrogen and oxygen atoms in total. The van der Waals surface area contributed by atoms with Crippen molar-refractivity contribution < 1.29 is 14.3 Å². The van der Waals surface area contributed by atoms with Crippen molar-refractivity contribution in [3.63, 3.8) is 0 Å². The lowest BCUT2D eigenvalue weighted by Crippen LogP contribution is -2.44. The zero-order chi connectivity index (χ0) is 26.8. The molecule has 0 saturated carbocycles. The van der Waals surface area contributed by atoms with Crippen molar-refractivity contribution in [2.24, 2.45) is 0 Å². The first-order valence-corrected chi connectivity index (χ1v) is 13.1. The maximum absolute atomic E-state index is 14.7. The summed E-state index contributed by atoms with van der Waals surface area (Å²) in [5, 5.41) is 2.90. The maximum Gasteiger partial charge on any atom is 0.255 e. The van der Waals surface area contributed by atoms with Crippen LogP contribution in [0.4, 0.5) is 0 Å². The molecule has 0 bridgehead atoms. The normalized spacial score (nSPS) is 16.8. The lowest BCUT2D eigenvalue weighted by Gasteiger charge is -2.43. The van der Waals surface area contributed by atoms with Crippen LogP contribution in [0.25, 0.3) is 11.1 Å². The predicted octanol–water partition coefficient (Wildman–Crippen LogP) is 6.17. The van der Waals surface area contributed by atoms with E-state index in [1.807, 2.05) is 47.4 Å². The highest BCUT2D eigenvalue weighted by atomic mass is 16.5. The summed E-state index contributed by atoms with van der Waals surface area (Å²) in [5.41, 5.74) is 9.29. The molecule has 2 aromatic carbocycles. The van der Waals surface area contributed by atoms with Crippen LogP contribution in [0, 0.1) is 13.8 Å². The Kier molecular flexibility index (Phi) is 7.30. The van der Waals surface area contributed by atoms with E-state index in [2.05, 4.69) is 55.6 Å². The SMILES string of the molecule is COCC1c2ccccc2C[C@@H](c2cc(C)cc(C)c2)N1C(=O)c1cc(CNC(C)=O)c2cccccc1-2. The van der Waals surface area contributed by atoms with Gasteiger partial charge in [0.25, 0.3) is 5.91 Å². The lowest BCUT2D eigenvalue weighted by molar-refractivity contribution is -0.119. The number of benzene rings is 2. The molecule has 0 aromatic heterocycles. The zero-order valence-electron chi connectivity index (χ0n) is 22.5. The fourth-order valence-electron chi connectivity index (χ4n) is 5.88. The highest BCUT2D eigenvalue weighted by molar-refractivity contribution is 6.03. The number of hydrogen-bond acceptors (Lipinski definition) is 3. The number of nitrogens with zero attached hydrogens (tertiary/aromatic N) is 1. The molecule has 0 spiro atoms. The van der Waals surface area contributed by atoms with E-state index < -0.39 is 0 Å². The summed E-state index contributed by atoms with van der Waals surface area (Å²) >= 11 is 0. The molecule has 1 N–H and O–H groups in total. The molecule has 2 aromatic rings. The Balaban J connectivity index is 1.67. The van der Waals surface area contributed by atoms with Gasteiger partial charge < -0.3 is 15.0 Å². The van der Waals surface area contributed by atoms with Gasteiger partial charge in [-0.05, 0) is 59.7 Å². The van der Waals surface area contributed by atoms with Crippen LogP contribution in [0.3, 0.4) is 0 Å². The van der Waals surface area contributed by atoms with E-state index >= 15 is 0 Å². The molecule has 0 saturated heterocycles. The molecule has 3 aliphatic rings. The summed E-state index contributed by atoms with van der Waals surface area (Å²) < 4.78 is 5.72. The minimum atomic E-state index is -0.232. The number of rotatable bonds is 6. The molecule has 1 unspecified atom stereocenters. The minimum Gasteiger partial charge on any atom is -0.382 e. The van der Waals surface area contributed by atoms with Gasteiger partial charge in [0.2, 0.25) is 5.91 Å². The van der Waals surface area contributed by atoms with Crippen LogP contribution in [0.1, 0.15) is 62.7 Å². The zero-order valence-corrected chi connectivity index (χ0v) is 22.5. The lowest BCUT2D eigenvalue weighted by atomic mass is 9.84. The number of hydrogen-bond donors (Lipinski definition) is 1. The number of ether oxygens (including phenoxy) is 1. The van der Waals surface area contributed by atoms with Gasteiger partial charge in [-0.25, -0.2) is 0 Å². The van der Waals surface area contributed by atoms with Crippen molar-refractivity contribution in [3.8, 4) is 11.1 Å². The van der Waals surface area contributed by atoms with E-state index in [0.29, 0.717) is 18.7 Å². The number of nitrogens with one attached hydrogen (secondary N) is 1. The Morgan fingerprint density at radius 1 is 0.921 bits per heavy atom. The van der Waals surface area contributed by atoms with Crippen molar-refractivity contribution in [2.75, 3.05) is 13.7 Å². The van der Waals surface area contributed by atoms with Crippen LogP contribution in [-0.4, -0.2) is 30.4 Å². The molecule has 38 heavy (non-hydrogen) atoms. The van der Waals surface area contributed by atoms with Crippen molar-refractivity contribution in [2.45, 2.75) is 45.8 Å². The summed E-state index contributed by atoms with van der Waals surface area (Å²) in [7, 11) is 1.69. The molecule has 2 aliphatic carbocycles. The van der Waals surface area contributed by atoms with E-state index in [0.717, 1.165) is 34.2 Å². The first kappa shape index (κ1) is 25.7. The molecule has 0 radical (unpaired) electrons. The molecule has 2 atom stereocenters. The van der Waals surface area contributed by atoms with Gasteiger partial charge in [0.1, 0.15) is 0 Å². The third-order valence-corrected chi connectivity index (χ3v) is 7.44. The monoisotopic (exact) mass is 506 g/mol. The van der Waals surface area contributed by atoms with Crippen LogP contribution in [0.15, 0.2) is 78.9 Å². The standard InChI is InChI=1S/C33H34N2O3/c1-21-14-22(2)16-25(15-21)31-18-24-10-8-9-12-28(24)32(20-38-4)35(31)33(37)30-17-26(19-34-23(3)36)27-11-6-5-7-13-29(27)30/h5-17,31-32H,18-20H2,1-4H3,(H,34,36)/t31-,32?/m0/s1. The van der Waals surface area contributed by atoms with Crippen LogP contribution < -0.4 is 5.32 Å². The van der Waals surface area contributed by atoms with Gasteiger partial charge in [-0.15, -0.1) is 0 Å². The predicted molar refractivity (Wildman–Crippen MR) is 150 cm³/mol. The van der Waals surface area contributed by atoms with Crippen LogP contribution >= 0.6 is 0 Å². The van der Waals surface area contributed by atoms with Crippen molar-refractivity contribution >= 4 is 11.8 Å². The Morgan fingerprint density at radius 2 is 1.61 bits per heavy atom. The number of carbonyl (C=O) groups excluding carboxylic acids is 2. The molecule has 5 heteroatoms. The Labute approximate surface area is 224 Å². The molecule has 194 valence electrons. The number of fused-ring (bicyclic) bond motifs is 2. The Morgan fingerprint density at radius 3 is 2.32 bits per heavy atom. The molecule has 1 heterocycles. The quantitative estimate of drug-likeness (QED) is 0.340. The highest BCUT2D eigenvalue weighted by Crippen LogP contribution is 2.43. The second-order valence-electron chi connectivity index (χ2n) is 10.3. The number of methoxy groups -OCH3 is 1. The summed E-state index contributed by atoms with van der Waals surface area (Å²) in [6, 6.07) is 26.4. The summed E-state index contributed by atoms with van der Waals surface area (Å²) in [4.78, 5) is 28.4. The fourth-order valence-corrected chi connectivity index (χ4v) is 5.88. The second-order valence-corrected chi connectivity index (χ2v) is 10.3. The van der Waals surface area contributed by atoms with E-state index in [4.69, 9.17) is 4.74 Å². The van der Waals surface area contributed by atoms with Gasteiger partial charge in [0.15, 0.2) is 0 Å². The third-order valence-electron chi connectivity index (χ3n) is 7.44. The average Bonchev–Trinajstić information content (AvgIpc) is 3.05. The average molecular weight is 507 g/mol. The maximum atomic E-state index is 14.7. The smallest absolute Gasteiger partial charge is 0.255 e. The molecule has 0 fully saturated rings. The Hall–Kier alpha value is -3.96. The second kappa shape index (κ2) is 10.8. The molecule has 5 rings (SSSR count). The first-order chi connectivity index (χ1) is 18.4. The number of carbonyl (C=O) groups is 2. The van der Waals surface area contributed by atoms with Gasteiger partial charge in [0.05, 0.1) is 18.7 Å². The molecule has 1 aliphatic heterocycles. The van der Waals surface area contributed by atoms with E-state index in [1.54, 1.807) is 7.11 Å². The van der Waals surface area contributed by atoms with Gasteiger partial charge in [-0.2, -0.15) is 0 Å². The van der Waals surface area contributed by atoms with Gasteiger partial charge >= 0.3 is 0 Å². The van der Waals surface area contributed by atoms with Crippen LogP contribution in [0.2, 0.25) is 0 Å². The molecule has 2 amide bonds. The summed E-state index contributed by atoms with van der Waals surface area (Å²) in [6.07, 6.45) is 0.732. The van der Waals surface area contributed by atoms with Gasteiger partial charge in [0, 0.05) is 26.1 Å². The molecular weight excluding hydrogens is 472 g/mol. The van der Waals surface area contributed by atoms with Crippen LogP contribution in [-0.2, 0) is 22.5 Å². The topological polar surface area (TPSA) is 58.6 Å². The number of aryl methyl sites for hydroxylation is 2. The largest absolute Gasteiger partial charge is 0.382 e. The van der Waals surface area contributed by atoms with E-state index in [-0.39, 0.29) is 23.9 Å². The van der Waals surface area contributed by atoms with Crippen molar-refractivity contribution in [1.29, 1.82) is 0 Å².